The van der Waals surface area contributed by atoms with Gasteiger partial charge >= 0.3 is 5.97 Å². The van der Waals surface area contributed by atoms with Crippen LogP contribution in [0.5, 0.6) is 5.75 Å². The van der Waals surface area contributed by atoms with Gasteiger partial charge in [0.2, 0.25) is 0 Å². The minimum absolute atomic E-state index is 0.182. The van der Waals surface area contributed by atoms with Gasteiger partial charge in [-0.15, -0.1) is 5.10 Å². The molecule has 0 spiro atoms. The second-order valence-electron chi connectivity index (χ2n) is 3.85. The standard InChI is InChI=1S/C12H9N5O3/c18-12(19)11-8-17(15-14-11)20-10-4-2-9(3-5-10)16-7-1-6-13-16/h1-8H,(H,18,19). The summed E-state index contributed by atoms with van der Waals surface area (Å²) < 4.78 is 1.71. The minimum Gasteiger partial charge on any atom is -0.476 e. The zero-order valence-electron chi connectivity index (χ0n) is 10.1. The van der Waals surface area contributed by atoms with Gasteiger partial charge in [0.25, 0.3) is 0 Å². The predicted molar refractivity (Wildman–Crippen MR) is 66.6 cm³/mol. The van der Waals surface area contributed by atoms with E-state index in [2.05, 4.69) is 15.4 Å². The monoisotopic (exact) mass is 271 g/mol. The summed E-state index contributed by atoms with van der Waals surface area (Å²) in [5.74, 6) is -0.656. The molecule has 1 N–H and O–H groups in total. The van der Waals surface area contributed by atoms with Crippen molar-refractivity contribution < 1.29 is 14.7 Å². The van der Waals surface area contributed by atoms with E-state index in [9.17, 15) is 4.79 Å². The van der Waals surface area contributed by atoms with E-state index in [0.717, 1.165) is 10.5 Å². The molecule has 0 unspecified atom stereocenters. The fourth-order valence-electron chi connectivity index (χ4n) is 1.58. The van der Waals surface area contributed by atoms with Crippen LogP contribution in [0.2, 0.25) is 0 Å². The molecule has 2 aromatic heterocycles. The second kappa shape index (κ2) is 4.84. The second-order valence-corrected chi connectivity index (χ2v) is 3.85. The van der Waals surface area contributed by atoms with Gasteiger partial charge in [0.05, 0.1) is 5.69 Å². The molecule has 0 radical (unpaired) electrons. The highest BCUT2D eigenvalue weighted by atomic mass is 16.7. The first-order chi connectivity index (χ1) is 9.72. The summed E-state index contributed by atoms with van der Waals surface area (Å²) in [4.78, 5) is 17.0. The first kappa shape index (κ1) is 11.9. The van der Waals surface area contributed by atoms with Gasteiger partial charge < -0.3 is 9.94 Å². The highest BCUT2D eigenvalue weighted by Crippen LogP contribution is 2.14. The molecule has 1 aromatic carbocycles. The number of aromatic nitrogens is 5. The van der Waals surface area contributed by atoms with Crippen LogP contribution < -0.4 is 4.84 Å². The van der Waals surface area contributed by atoms with Crippen LogP contribution in [0.4, 0.5) is 0 Å². The Morgan fingerprint density at radius 1 is 1.25 bits per heavy atom. The highest BCUT2D eigenvalue weighted by molar-refractivity contribution is 5.84. The van der Waals surface area contributed by atoms with Crippen molar-refractivity contribution in [2.45, 2.75) is 0 Å². The fourth-order valence-corrected chi connectivity index (χ4v) is 1.58. The van der Waals surface area contributed by atoms with Crippen molar-refractivity contribution in [3.8, 4) is 11.4 Å². The molecule has 0 fully saturated rings. The predicted octanol–water partition coefficient (Wildman–Crippen LogP) is 1.00. The molecule has 0 aliphatic rings. The number of rotatable bonds is 4. The maximum Gasteiger partial charge on any atom is 0.358 e. The molecule has 0 saturated carbocycles. The molecule has 3 rings (SSSR count). The Morgan fingerprint density at radius 3 is 2.65 bits per heavy atom. The topological polar surface area (TPSA) is 95.1 Å². The molecular formula is C12H9N5O3. The number of carboxylic acids is 1. The van der Waals surface area contributed by atoms with E-state index in [1.54, 1.807) is 23.0 Å². The van der Waals surface area contributed by atoms with Crippen LogP contribution in [-0.4, -0.2) is 36.0 Å². The smallest absolute Gasteiger partial charge is 0.358 e. The van der Waals surface area contributed by atoms with Crippen LogP contribution in [0.1, 0.15) is 10.5 Å². The van der Waals surface area contributed by atoms with E-state index in [-0.39, 0.29) is 5.69 Å². The summed E-state index contributed by atoms with van der Waals surface area (Å²) in [6.45, 7) is 0. The Kier molecular flexibility index (Phi) is 2.88. The Bertz CT molecular complexity index is 718. The number of carboxylic acid groups (broad SMARTS) is 1. The van der Waals surface area contributed by atoms with Gasteiger partial charge in [-0.1, -0.05) is 4.85 Å². The van der Waals surface area contributed by atoms with E-state index in [1.807, 2.05) is 24.4 Å². The Balaban J connectivity index is 1.76. The van der Waals surface area contributed by atoms with Crippen LogP contribution in [-0.2, 0) is 0 Å². The third kappa shape index (κ3) is 2.34. The maximum absolute atomic E-state index is 10.7. The summed E-state index contributed by atoms with van der Waals surface area (Å²) in [7, 11) is 0. The average molecular weight is 271 g/mol. The molecule has 100 valence electrons. The quantitative estimate of drug-likeness (QED) is 0.760. The van der Waals surface area contributed by atoms with E-state index < -0.39 is 5.97 Å². The first-order valence-corrected chi connectivity index (χ1v) is 5.66. The number of nitrogens with zero attached hydrogens (tertiary/aromatic N) is 5. The summed E-state index contributed by atoms with van der Waals surface area (Å²) in [5, 5.41) is 19.8. The summed E-state index contributed by atoms with van der Waals surface area (Å²) in [5.41, 5.74) is 0.699. The van der Waals surface area contributed by atoms with Crippen molar-refractivity contribution in [2.75, 3.05) is 0 Å². The normalized spacial score (nSPS) is 10.4. The van der Waals surface area contributed by atoms with Gasteiger partial charge in [-0.2, -0.15) is 5.10 Å². The Hall–Kier alpha value is -3.16. The lowest BCUT2D eigenvalue weighted by Crippen LogP contribution is -2.06. The van der Waals surface area contributed by atoms with Crippen molar-refractivity contribution in [3.63, 3.8) is 0 Å². The highest BCUT2D eigenvalue weighted by Gasteiger charge is 2.09. The largest absolute Gasteiger partial charge is 0.476 e. The summed E-state index contributed by atoms with van der Waals surface area (Å²) in [6, 6.07) is 8.90. The van der Waals surface area contributed by atoms with E-state index in [4.69, 9.17) is 9.94 Å². The number of aromatic carboxylic acids is 1. The molecule has 20 heavy (non-hydrogen) atoms. The van der Waals surface area contributed by atoms with Gasteiger partial charge in [0.1, 0.15) is 6.20 Å². The molecule has 2 heterocycles. The lowest BCUT2D eigenvalue weighted by atomic mass is 10.3. The lowest BCUT2D eigenvalue weighted by Gasteiger charge is -2.05. The van der Waals surface area contributed by atoms with Crippen LogP contribution in [0.3, 0.4) is 0 Å². The minimum atomic E-state index is -1.16. The van der Waals surface area contributed by atoms with Gasteiger partial charge in [0.15, 0.2) is 11.4 Å². The van der Waals surface area contributed by atoms with E-state index >= 15 is 0 Å². The molecule has 0 aliphatic carbocycles. The average Bonchev–Trinajstić information content (AvgIpc) is 3.10. The zero-order chi connectivity index (χ0) is 13.9. The van der Waals surface area contributed by atoms with Crippen LogP contribution >= 0.6 is 0 Å². The van der Waals surface area contributed by atoms with E-state index in [1.165, 1.54) is 6.20 Å². The number of benzene rings is 1. The third-order valence-electron chi connectivity index (χ3n) is 2.50. The van der Waals surface area contributed by atoms with Crippen LogP contribution in [0.25, 0.3) is 5.69 Å². The molecule has 8 nitrogen and oxygen atoms in total. The zero-order valence-corrected chi connectivity index (χ0v) is 10.1. The summed E-state index contributed by atoms with van der Waals surface area (Å²) in [6.07, 6.45) is 4.70. The molecule has 0 saturated heterocycles. The maximum atomic E-state index is 10.7. The third-order valence-corrected chi connectivity index (χ3v) is 2.50. The number of hydrogen-bond acceptors (Lipinski definition) is 5. The van der Waals surface area contributed by atoms with Gasteiger partial charge in [-0.25, -0.2) is 9.48 Å². The molecule has 8 heteroatoms. The van der Waals surface area contributed by atoms with Gasteiger partial charge in [-0.3, -0.25) is 0 Å². The van der Waals surface area contributed by atoms with Crippen molar-refractivity contribution in [3.05, 3.63) is 54.6 Å². The van der Waals surface area contributed by atoms with Gasteiger partial charge in [-0.05, 0) is 35.5 Å². The molecule has 0 amide bonds. The van der Waals surface area contributed by atoms with Crippen LogP contribution in [0, 0.1) is 0 Å². The van der Waals surface area contributed by atoms with Gasteiger partial charge in [0, 0.05) is 12.4 Å². The summed E-state index contributed by atoms with van der Waals surface area (Å²) >= 11 is 0. The van der Waals surface area contributed by atoms with Crippen molar-refractivity contribution in [1.29, 1.82) is 0 Å². The number of hydrogen-bond donors (Lipinski definition) is 1. The molecule has 0 atom stereocenters. The Labute approximate surface area is 112 Å². The first-order valence-electron chi connectivity index (χ1n) is 5.66. The lowest BCUT2D eigenvalue weighted by molar-refractivity contribution is 0.0690. The molecular weight excluding hydrogens is 262 g/mol. The molecule has 3 aromatic rings. The van der Waals surface area contributed by atoms with E-state index in [0.29, 0.717) is 5.75 Å². The SMILES string of the molecule is O=C(O)c1cn(Oc2ccc(-n3cccn3)cc2)nn1. The number of carbonyl (C=O) groups is 1. The van der Waals surface area contributed by atoms with Crippen molar-refractivity contribution >= 4 is 5.97 Å². The van der Waals surface area contributed by atoms with Crippen molar-refractivity contribution in [1.82, 2.24) is 24.9 Å². The molecule has 0 aliphatic heterocycles. The molecule has 0 bridgehead atoms. The fraction of sp³-hybridized carbons (Fsp3) is 0. The van der Waals surface area contributed by atoms with Crippen molar-refractivity contribution in [2.24, 2.45) is 0 Å². The van der Waals surface area contributed by atoms with Crippen LogP contribution in [0.15, 0.2) is 48.9 Å². The Morgan fingerprint density at radius 2 is 2.05 bits per heavy atom.